The highest BCUT2D eigenvalue weighted by Gasteiger charge is 2.43. The summed E-state index contributed by atoms with van der Waals surface area (Å²) in [6.45, 7) is 2.87. The molecular formula is C25H22ClN3O3S. The van der Waals surface area contributed by atoms with Gasteiger partial charge in [0.1, 0.15) is 0 Å². The van der Waals surface area contributed by atoms with Gasteiger partial charge in [-0.3, -0.25) is 19.3 Å². The van der Waals surface area contributed by atoms with Gasteiger partial charge in [-0.1, -0.05) is 17.7 Å². The van der Waals surface area contributed by atoms with Crippen molar-refractivity contribution < 1.29 is 14.4 Å². The van der Waals surface area contributed by atoms with E-state index in [9.17, 15) is 14.4 Å². The summed E-state index contributed by atoms with van der Waals surface area (Å²) in [4.78, 5) is 44.5. The molecule has 3 heterocycles. The molecule has 0 radical (unpaired) electrons. The van der Waals surface area contributed by atoms with Crippen molar-refractivity contribution >= 4 is 51.9 Å². The second kappa shape index (κ2) is 9.09. The first-order valence-electron chi connectivity index (χ1n) is 10.8. The Labute approximate surface area is 201 Å². The van der Waals surface area contributed by atoms with Gasteiger partial charge < -0.3 is 4.90 Å². The minimum absolute atomic E-state index is 0.0380. The van der Waals surface area contributed by atoms with Crippen LogP contribution in [0.3, 0.4) is 0 Å². The van der Waals surface area contributed by atoms with E-state index in [1.165, 1.54) is 16.2 Å². The Morgan fingerprint density at radius 1 is 0.879 bits per heavy atom. The molecule has 2 aromatic carbocycles. The zero-order valence-corrected chi connectivity index (χ0v) is 19.4. The minimum atomic E-state index is -0.430. The summed E-state index contributed by atoms with van der Waals surface area (Å²) in [5.74, 6) is -0.316. The van der Waals surface area contributed by atoms with Crippen molar-refractivity contribution in [2.45, 2.75) is 12.5 Å². The van der Waals surface area contributed by atoms with Gasteiger partial charge >= 0.3 is 0 Å². The fourth-order valence-corrected chi connectivity index (χ4v) is 5.24. The van der Waals surface area contributed by atoms with E-state index in [-0.39, 0.29) is 24.0 Å². The van der Waals surface area contributed by atoms with Crippen LogP contribution in [0.2, 0.25) is 5.02 Å². The van der Waals surface area contributed by atoms with Gasteiger partial charge in [0.15, 0.2) is 0 Å². The van der Waals surface area contributed by atoms with Gasteiger partial charge in [-0.2, -0.15) is 0 Å². The molecule has 6 nitrogen and oxygen atoms in total. The van der Waals surface area contributed by atoms with Crippen LogP contribution >= 0.6 is 22.9 Å². The van der Waals surface area contributed by atoms with E-state index in [2.05, 4.69) is 9.80 Å². The highest BCUT2D eigenvalue weighted by molar-refractivity contribution is 7.12. The van der Waals surface area contributed by atoms with Crippen molar-refractivity contribution in [3.05, 3.63) is 81.5 Å². The standard InChI is InChI=1S/C25H22ClN3O3S/c26-18-5-9-20(10-6-18)29-23(30)16-21(25(29)32)28-13-11-27(12-14-28)19-7-3-17(4-8-19)24(31)22-2-1-15-33-22/h1-10,15,21H,11-14,16H2. The predicted molar refractivity (Wildman–Crippen MR) is 130 cm³/mol. The second-order valence-electron chi connectivity index (χ2n) is 8.14. The first-order valence-corrected chi connectivity index (χ1v) is 12.1. The second-order valence-corrected chi connectivity index (χ2v) is 9.52. The lowest BCUT2D eigenvalue weighted by atomic mass is 10.1. The van der Waals surface area contributed by atoms with E-state index in [1.807, 2.05) is 41.8 Å². The Morgan fingerprint density at radius 2 is 1.55 bits per heavy atom. The average molecular weight is 480 g/mol. The smallest absolute Gasteiger partial charge is 0.251 e. The number of hydrogen-bond donors (Lipinski definition) is 0. The highest BCUT2D eigenvalue weighted by Crippen LogP contribution is 2.28. The molecule has 5 rings (SSSR count). The molecule has 0 N–H and O–H groups in total. The number of amides is 2. The molecule has 3 aromatic rings. The molecule has 0 spiro atoms. The quantitative estimate of drug-likeness (QED) is 0.407. The van der Waals surface area contributed by atoms with E-state index in [0.29, 0.717) is 29.4 Å². The zero-order chi connectivity index (χ0) is 22.9. The number of benzene rings is 2. The number of ketones is 1. The van der Waals surface area contributed by atoms with Crippen LogP contribution in [-0.4, -0.2) is 54.7 Å². The number of piperazine rings is 1. The van der Waals surface area contributed by atoms with E-state index in [4.69, 9.17) is 11.6 Å². The molecule has 168 valence electrons. The van der Waals surface area contributed by atoms with Crippen molar-refractivity contribution in [1.82, 2.24) is 4.90 Å². The number of hydrogen-bond acceptors (Lipinski definition) is 6. The van der Waals surface area contributed by atoms with Crippen LogP contribution in [0, 0.1) is 0 Å². The van der Waals surface area contributed by atoms with E-state index in [0.717, 1.165) is 23.7 Å². The van der Waals surface area contributed by atoms with Crippen molar-refractivity contribution in [2.24, 2.45) is 0 Å². The molecule has 0 saturated carbocycles. The van der Waals surface area contributed by atoms with Crippen molar-refractivity contribution in [2.75, 3.05) is 36.0 Å². The van der Waals surface area contributed by atoms with Crippen LogP contribution < -0.4 is 9.80 Å². The van der Waals surface area contributed by atoms with Gasteiger partial charge in [0.05, 0.1) is 23.0 Å². The Kier molecular flexibility index (Phi) is 6.01. The number of carbonyl (C=O) groups is 3. The lowest BCUT2D eigenvalue weighted by Gasteiger charge is -2.38. The third-order valence-corrected chi connectivity index (χ3v) is 7.32. The summed E-state index contributed by atoms with van der Waals surface area (Å²) in [6.07, 6.45) is 0.195. The van der Waals surface area contributed by atoms with Crippen LogP contribution in [0.15, 0.2) is 66.0 Å². The average Bonchev–Trinajstić information content (AvgIpc) is 3.48. The van der Waals surface area contributed by atoms with Crippen LogP contribution in [0.4, 0.5) is 11.4 Å². The summed E-state index contributed by atoms with van der Waals surface area (Å²) in [5.41, 5.74) is 2.29. The van der Waals surface area contributed by atoms with Gasteiger partial charge in [0.2, 0.25) is 11.7 Å². The summed E-state index contributed by atoms with van der Waals surface area (Å²) in [6, 6.07) is 17.7. The number of anilines is 2. The molecular weight excluding hydrogens is 458 g/mol. The van der Waals surface area contributed by atoms with Crippen LogP contribution in [-0.2, 0) is 9.59 Å². The molecule has 2 aliphatic heterocycles. The first-order chi connectivity index (χ1) is 16.0. The van der Waals surface area contributed by atoms with E-state index in [1.54, 1.807) is 24.3 Å². The van der Waals surface area contributed by atoms with Gasteiger partial charge in [0, 0.05) is 42.5 Å². The first kappa shape index (κ1) is 21.8. The normalized spacial score (nSPS) is 19.4. The van der Waals surface area contributed by atoms with Gasteiger partial charge in [-0.25, -0.2) is 4.90 Å². The molecule has 1 atom stereocenters. The maximum atomic E-state index is 13.0. The maximum Gasteiger partial charge on any atom is 0.251 e. The van der Waals surface area contributed by atoms with Gasteiger partial charge in [-0.05, 0) is 60.0 Å². The van der Waals surface area contributed by atoms with Crippen molar-refractivity contribution in [1.29, 1.82) is 0 Å². The summed E-state index contributed by atoms with van der Waals surface area (Å²) >= 11 is 7.38. The summed E-state index contributed by atoms with van der Waals surface area (Å²) < 4.78 is 0. The third kappa shape index (κ3) is 4.31. The monoisotopic (exact) mass is 479 g/mol. The highest BCUT2D eigenvalue weighted by atomic mass is 35.5. The molecule has 0 bridgehead atoms. The van der Waals surface area contributed by atoms with Crippen molar-refractivity contribution in [3.8, 4) is 0 Å². The van der Waals surface area contributed by atoms with Crippen LogP contribution in [0.25, 0.3) is 0 Å². The number of nitrogens with zero attached hydrogens (tertiary/aromatic N) is 3. The fraction of sp³-hybridized carbons (Fsp3) is 0.240. The molecule has 2 saturated heterocycles. The van der Waals surface area contributed by atoms with Crippen molar-refractivity contribution in [3.63, 3.8) is 0 Å². The summed E-state index contributed by atoms with van der Waals surface area (Å²) in [5, 5.41) is 2.47. The minimum Gasteiger partial charge on any atom is -0.369 e. The number of rotatable bonds is 5. The molecule has 1 aromatic heterocycles. The Balaban J connectivity index is 1.21. The van der Waals surface area contributed by atoms with E-state index >= 15 is 0 Å². The molecule has 0 aliphatic carbocycles. The Morgan fingerprint density at radius 3 is 2.18 bits per heavy atom. The number of carbonyl (C=O) groups excluding carboxylic acids is 3. The Hall–Kier alpha value is -3.00. The number of halogens is 1. The molecule has 33 heavy (non-hydrogen) atoms. The SMILES string of the molecule is O=C(c1ccc(N2CCN(C3CC(=O)N(c4ccc(Cl)cc4)C3=O)CC2)cc1)c1cccs1. The van der Waals surface area contributed by atoms with Gasteiger partial charge in [0.25, 0.3) is 5.91 Å². The lowest BCUT2D eigenvalue weighted by molar-refractivity contribution is -0.123. The van der Waals surface area contributed by atoms with Gasteiger partial charge in [-0.15, -0.1) is 11.3 Å². The Bertz CT molecular complexity index is 1170. The largest absolute Gasteiger partial charge is 0.369 e. The molecule has 1 unspecified atom stereocenters. The number of thiophene rings is 1. The molecule has 2 aliphatic rings. The molecule has 2 amide bonds. The zero-order valence-electron chi connectivity index (χ0n) is 17.8. The van der Waals surface area contributed by atoms with E-state index < -0.39 is 6.04 Å². The van der Waals surface area contributed by atoms with Crippen LogP contribution in [0.1, 0.15) is 21.7 Å². The maximum absolute atomic E-state index is 13.0. The predicted octanol–water partition coefficient (Wildman–Crippen LogP) is 4.09. The molecule has 2 fully saturated rings. The molecule has 8 heteroatoms. The lowest BCUT2D eigenvalue weighted by Crippen LogP contribution is -2.52. The van der Waals surface area contributed by atoms with Crippen LogP contribution in [0.5, 0.6) is 0 Å². The summed E-state index contributed by atoms with van der Waals surface area (Å²) in [7, 11) is 0. The topological polar surface area (TPSA) is 60.9 Å². The fourth-order valence-electron chi connectivity index (χ4n) is 4.43. The third-order valence-electron chi connectivity index (χ3n) is 6.20. The number of imide groups is 1.